The maximum atomic E-state index is 13.0. The normalized spacial score (nSPS) is 19.8. The van der Waals surface area contributed by atoms with Crippen LogP contribution in [0.3, 0.4) is 0 Å². The smallest absolute Gasteiger partial charge is 0.325 e. The molecule has 0 unspecified atom stereocenters. The van der Waals surface area contributed by atoms with Crippen LogP contribution < -0.4 is 14.8 Å². The second-order valence-electron chi connectivity index (χ2n) is 7.49. The highest BCUT2D eigenvalue weighted by Crippen LogP contribution is 2.30. The van der Waals surface area contributed by atoms with Crippen LogP contribution in [0.2, 0.25) is 0 Å². The monoisotopic (exact) mass is 398 g/mol. The number of methoxy groups -OCH3 is 1. The molecular weight excluding hydrogens is 372 g/mol. The molecule has 1 aliphatic rings. The Morgan fingerprint density at radius 2 is 1.69 bits per heavy atom. The maximum absolute atomic E-state index is 13.0. The lowest BCUT2D eigenvalue weighted by Gasteiger charge is -2.23. The molecule has 2 aromatic rings. The molecule has 7 heteroatoms. The number of carbonyl (C=O) groups is 2. The van der Waals surface area contributed by atoms with E-state index in [1.54, 1.807) is 38.3 Å². The van der Waals surface area contributed by atoms with Gasteiger partial charge in [-0.1, -0.05) is 18.2 Å². The van der Waals surface area contributed by atoms with Crippen LogP contribution in [0.5, 0.6) is 11.5 Å². The minimum absolute atomic E-state index is 0.0286. The van der Waals surface area contributed by atoms with Crippen LogP contribution in [-0.4, -0.2) is 48.3 Å². The van der Waals surface area contributed by atoms with Gasteiger partial charge in [0.25, 0.3) is 5.91 Å². The number of aliphatic hydroxyl groups is 1. The van der Waals surface area contributed by atoms with E-state index in [0.717, 1.165) is 16.0 Å². The summed E-state index contributed by atoms with van der Waals surface area (Å²) in [5.41, 5.74) is 1.55. The molecule has 0 radical (unpaired) electrons. The fourth-order valence-electron chi connectivity index (χ4n) is 3.45. The Labute approximate surface area is 170 Å². The van der Waals surface area contributed by atoms with E-state index >= 15 is 0 Å². The number of amides is 3. The minimum atomic E-state index is -1.20. The number of nitrogens with zero attached hydrogens (tertiary/aromatic N) is 1. The topological polar surface area (TPSA) is 88.1 Å². The number of urea groups is 1. The fourth-order valence-corrected chi connectivity index (χ4v) is 3.45. The number of β-amino-alcohol motifs (C(OH)–C–C–N with tert-alkyl or cyclic N) is 1. The van der Waals surface area contributed by atoms with E-state index in [4.69, 9.17) is 9.47 Å². The Bertz CT molecular complexity index is 892. The summed E-state index contributed by atoms with van der Waals surface area (Å²) < 4.78 is 10.8. The number of carbonyl (C=O) groups excluding carboxylic acids is 2. The summed E-state index contributed by atoms with van der Waals surface area (Å²) in [7, 11) is 1.56. The second kappa shape index (κ2) is 8.13. The first kappa shape index (κ1) is 20.7. The number of imide groups is 1. The quantitative estimate of drug-likeness (QED) is 0.700. The molecule has 2 atom stereocenters. The zero-order chi connectivity index (χ0) is 21.2. The van der Waals surface area contributed by atoms with Gasteiger partial charge >= 0.3 is 6.03 Å². The number of hydrogen-bond acceptors (Lipinski definition) is 5. The van der Waals surface area contributed by atoms with E-state index < -0.39 is 23.6 Å². The van der Waals surface area contributed by atoms with Crippen LogP contribution in [0.15, 0.2) is 42.5 Å². The Kier molecular flexibility index (Phi) is 5.79. The number of nitrogens with one attached hydrogen (secondary N) is 1. The average Bonchev–Trinajstić information content (AvgIpc) is 2.90. The van der Waals surface area contributed by atoms with Gasteiger partial charge in [0.05, 0.1) is 13.7 Å². The van der Waals surface area contributed by atoms with Crippen LogP contribution in [0.25, 0.3) is 0 Å². The number of benzene rings is 2. The van der Waals surface area contributed by atoms with Crippen LogP contribution in [0.4, 0.5) is 4.79 Å². The summed E-state index contributed by atoms with van der Waals surface area (Å²) in [6.07, 6.45) is -1.01. The van der Waals surface area contributed by atoms with Gasteiger partial charge in [-0.3, -0.25) is 9.69 Å². The van der Waals surface area contributed by atoms with Crippen LogP contribution in [0, 0.1) is 13.8 Å². The Balaban J connectivity index is 1.65. The maximum Gasteiger partial charge on any atom is 0.325 e. The van der Waals surface area contributed by atoms with E-state index in [2.05, 4.69) is 5.32 Å². The highest BCUT2D eigenvalue weighted by molar-refractivity contribution is 6.07. The molecule has 1 saturated heterocycles. The number of aliphatic hydroxyl groups excluding tert-OH is 1. The molecule has 29 heavy (non-hydrogen) atoms. The van der Waals surface area contributed by atoms with Gasteiger partial charge < -0.3 is 19.9 Å². The number of ether oxygens (including phenoxy) is 2. The van der Waals surface area contributed by atoms with Crippen molar-refractivity contribution in [2.45, 2.75) is 32.4 Å². The molecule has 0 saturated carbocycles. The van der Waals surface area contributed by atoms with Crippen LogP contribution in [-0.2, 0) is 10.3 Å². The highest BCUT2D eigenvalue weighted by Gasteiger charge is 2.49. The van der Waals surface area contributed by atoms with Gasteiger partial charge in [-0.2, -0.15) is 0 Å². The molecule has 0 bridgehead atoms. The van der Waals surface area contributed by atoms with Crippen molar-refractivity contribution < 1.29 is 24.2 Å². The second-order valence-corrected chi connectivity index (χ2v) is 7.49. The first-order valence-electron chi connectivity index (χ1n) is 9.40. The van der Waals surface area contributed by atoms with Crippen molar-refractivity contribution in [1.82, 2.24) is 10.2 Å². The highest BCUT2D eigenvalue weighted by atomic mass is 16.5. The van der Waals surface area contributed by atoms with Crippen molar-refractivity contribution >= 4 is 11.9 Å². The van der Waals surface area contributed by atoms with Gasteiger partial charge in [0, 0.05) is 0 Å². The van der Waals surface area contributed by atoms with Gasteiger partial charge in [0.15, 0.2) is 0 Å². The van der Waals surface area contributed by atoms with E-state index in [-0.39, 0.29) is 13.2 Å². The minimum Gasteiger partial charge on any atom is -0.497 e. The lowest BCUT2D eigenvalue weighted by Crippen LogP contribution is -2.42. The molecule has 0 aliphatic carbocycles. The molecule has 1 heterocycles. The molecule has 2 N–H and O–H groups in total. The summed E-state index contributed by atoms with van der Waals surface area (Å²) in [6, 6.07) is 12.2. The summed E-state index contributed by atoms with van der Waals surface area (Å²) in [6.45, 7) is 5.39. The van der Waals surface area contributed by atoms with Crippen LogP contribution >= 0.6 is 0 Å². The predicted molar refractivity (Wildman–Crippen MR) is 108 cm³/mol. The zero-order valence-corrected chi connectivity index (χ0v) is 17.1. The number of aryl methyl sites for hydroxylation is 2. The van der Waals surface area contributed by atoms with Crippen molar-refractivity contribution in [3.05, 3.63) is 59.2 Å². The van der Waals surface area contributed by atoms with E-state index in [9.17, 15) is 14.7 Å². The number of hydrogen-bond donors (Lipinski definition) is 2. The standard InChI is InChI=1S/C22H26N2O5/c1-14-9-15(2)11-19(10-14)29-13-17(25)12-24-20(26)22(3,23-21(24)27)16-5-7-18(28-4)8-6-16/h5-11,17,25H,12-13H2,1-4H3,(H,23,27)/t17-,22+/m1/s1. The van der Waals surface area contributed by atoms with Gasteiger partial charge in [0.2, 0.25) is 0 Å². The summed E-state index contributed by atoms with van der Waals surface area (Å²) in [5.74, 6) is 0.880. The van der Waals surface area contributed by atoms with E-state index in [0.29, 0.717) is 17.1 Å². The molecule has 1 fully saturated rings. The lowest BCUT2D eigenvalue weighted by molar-refractivity contribution is -0.132. The molecule has 3 rings (SSSR count). The fraction of sp³-hybridized carbons (Fsp3) is 0.364. The van der Waals surface area contributed by atoms with Crippen molar-refractivity contribution in [3.63, 3.8) is 0 Å². The average molecular weight is 398 g/mol. The predicted octanol–water partition coefficient (Wildman–Crippen LogP) is 2.52. The molecule has 1 aliphatic heterocycles. The first-order chi connectivity index (χ1) is 13.7. The summed E-state index contributed by atoms with van der Waals surface area (Å²) in [4.78, 5) is 26.4. The number of rotatable bonds is 7. The molecule has 2 aromatic carbocycles. The molecule has 154 valence electrons. The van der Waals surface area contributed by atoms with Crippen molar-refractivity contribution in [2.24, 2.45) is 0 Å². The van der Waals surface area contributed by atoms with Gasteiger partial charge in [0.1, 0.15) is 29.7 Å². The Hall–Kier alpha value is -3.06. The zero-order valence-electron chi connectivity index (χ0n) is 17.1. The van der Waals surface area contributed by atoms with Crippen molar-refractivity contribution in [3.8, 4) is 11.5 Å². The molecule has 3 amide bonds. The molecular formula is C22H26N2O5. The van der Waals surface area contributed by atoms with Gasteiger partial charge in [-0.25, -0.2) is 4.79 Å². The summed E-state index contributed by atoms with van der Waals surface area (Å²) >= 11 is 0. The lowest BCUT2D eigenvalue weighted by atomic mass is 9.92. The molecule has 7 nitrogen and oxygen atoms in total. The third kappa shape index (κ3) is 4.35. The Morgan fingerprint density at radius 3 is 2.28 bits per heavy atom. The SMILES string of the molecule is COc1ccc([C@]2(C)NC(=O)N(C[C@@H](O)COc3cc(C)cc(C)c3)C2=O)cc1. The summed E-state index contributed by atoms with van der Waals surface area (Å²) in [5, 5.41) is 13.1. The van der Waals surface area contributed by atoms with E-state index in [1.807, 2.05) is 32.0 Å². The van der Waals surface area contributed by atoms with Gasteiger partial charge in [-0.05, 0) is 61.7 Å². The van der Waals surface area contributed by atoms with E-state index in [1.165, 1.54) is 0 Å². The van der Waals surface area contributed by atoms with Gasteiger partial charge in [-0.15, -0.1) is 0 Å². The van der Waals surface area contributed by atoms with Crippen molar-refractivity contribution in [1.29, 1.82) is 0 Å². The molecule has 0 aromatic heterocycles. The third-order valence-corrected chi connectivity index (χ3v) is 4.97. The third-order valence-electron chi connectivity index (χ3n) is 4.97. The van der Waals surface area contributed by atoms with Crippen LogP contribution in [0.1, 0.15) is 23.6 Å². The Morgan fingerprint density at radius 1 is 1.07 bits per heavy atom. The van der Waals surface area contributed by atoms with Crippen molar-refractivity contribution in [2.75, 3.05) is 20.3 Å². The first-order valence-corrected chi connectivity index (χ1v) is 9.40. The largest absolute Gasteiger partial charge is 0.497 e. The molecule has 0 spiro atoms.